The van der Waals surface area contributed by atoms with Crippen molar-refractivity contribution in [3.63, 3.8) is 0 Å². The Balaban J connectivity index is 2.51. The molecule has 1 rings (SSSR count). The van der Waals surface area contributed by atoms with Crippen molar-refractivity contribution in [2.75, 3.05) is 5.73 Å². The molecule has 0 saturated heterocycles. The summed E-state index contributed by atoms with van der Waals surface area (Å²) < 4.78 is 1.59. The molecule has 1 aromatic rings. The number of imidazole rings is 1. The van der Waals surface area contributed by atoms with Crippen LogP contribution in [0.15, 0.2) is 12.4 Å². The van der Waals surface area contributed by atoms with Gasteiger partial charge in [0.15, 0.2) is 5.95 Å². The first kappa shape index (κ1) is 7.59. The van der Waals surface area contributed by atoms with Crippen LogP contribution in [-0.4, -0.2) is 20.6 Å². The molecule has 0 bridgehead atoms. The van der Waals surface area contributed by atoms with E-state index >= 15 is 0 Å². The molecule has 0 fully saturated rings. The summed E-state index contributed by atoms with van der Waals surface area (Å²) in [5, 5.41) is 8.33. The van der Waals surface area contributed by atoms with Crippen molar-refractivity contribution in [3.05, 3.63) is 12.4 Å². The van der Waals surface area contributed by atoms with Crippen LogP contribution in [0.25, 0.3) is 0 Å². The maximum atomic E-state index is 10.1. The van der Waals surface area contributed by atoms with Gasteiger partial charge in [0, 0.05) is 18.9 Å². The molecule has 0 aliphatic rings. The molecule has 0 unspecified atom stereocenters. The van der Waals surface area contributed by atoms with E-state index in [2.05, 4.69) is 4.98 Å². The molecule has 0 atom stereocenters. The highest BCUT2D eigenvalue weighted by molar-refractivity contribution is 5.66. The van der Waals surface area contributed by atoms with Crippen molar-refractivity contribution in [2.45, 2.75) is 13.0 Å². The highest BCUT2D eigenvalue weighted by atomic mass is 16.4. The summed E-state index contributed by atoms with van der Waals surface area (Å²) >= 11 is 0. The Kier molecular flexibility index (Phi) is 2.10. The summed E-state index contributed by atoms with van der Waals surface area (Å²) in [6.45, 7) is 0.376. The molecule has 0 spiro atoms. The third-order valence-corrected chi connectivity index (χ3v) is 1.31. The fourth-order valence-electron chi connectivity index (χ4n) is 0.746. The van der Waals surface area contributed by atoms with Crippen LogP contribution in [0.3, 0.4) is 0 Å². The van der Waals surface area contributed by atoms with E-state index in [1.165, 1.54) is 6.20 Å². The van der Waals surface area contributed by atoms with E-state index in [0.29, 0.717) is 12.5 Å². The van der Waals surface area contributed by atoms with Gasteiger partial charge in [-0.15, -0.1) is 0 Å². The van der Waals surface area contributed by atoms with Gasteiger partial charge in [0.2, 0.25) is 0 Å². The molecule has 0 aliphatic heterocycles. The second-order valence-electron chi connectivity index (χ2n) is 2.12. The lowest BCUT2D eigenvalue weighted by molar-refractivity contribution is -0.137. The summed E-state index contributed by atoms with van der Waals surface area (Å²) in [4.78, 5) is 13.9. The van der Waals surface area contributed by atoms with Crippen LogP contribution in [0.4, 0.5) is 5.95 Å². The zero-order valence-electron chi connectivity index (χ0n) is 5.90. The fraction of sp³-hybridized carbons (Fsp3) is 0.333. The predicted octanol–water partition coefficient (Wildman–Crippen LogP) is -0.0600. The molecular weight excluding hydrogens is 146 g/mol. The van der Waals surface area contributed by atoms with Gasteiger partial charge in [-0.25, -0.2) is 4.98 Å². The normalized spacial score (nSPS) is 9.82. The summed E-state index contributed by atoms with van der Waals surface area (Å²) in [5.74, 6) is -0.482. The van der Waals surface area contributed by atoms with Crippen molar-refractivity contribution >= 4 is 11.9 Å². The standard InChI is InChI=1S/C6H9N3O2/c7-6-8-2-4-9(6)3-1-5(10)11/h2,4H,1,3H2,(H2,7,8)(H,10,11). The highest BCUT2D eigenvalue weighted by Gasteiger charge is 2.00. The first-order valence-corrected chi connectivity index (χ1v) is 3.18. The summed E-state index contributed by atoms with van der Waals surface area (Å²) in [6, 6.07) is 0. The number of carbonyl (C=O) groups is 1. The number of aromatic nitrogens is 2. The number of hydrogen-bond donors (Lipinski definition) is 2. The molecule has 5 heteroatoms. The van der Waals surface area contributed by atoms with E-state index in [1.54, 1.807) is 10.8 Å². The smallest absolute Gasteiger partial charge is 0.305 e. The number of nitrogens with zero attached hydrogens (tertiary/aromatic N) is 2. The number of nitrogens with two attached hydrogens (primary N) is 1. The van der Waals surface area contributed by atoms with Gasteiger partial charge >= 0.3 is 5.97 Å². The Hall–Kier alpha value is -1.52. The number of nitrogen functional groups attached to an aromatic ring is 1. The van der Waals surface area contributed by atoms with E-state index in [-0.39, 0.29) is 6.42 Å². The quantitative estimate of drug-likeness (QED) is 0.640. The van der Waals surface area contributed by atoms with Gasteiger partial charge in [-0.1, -0.05) is 0 Å². The van der Waals surface area contributed by atoms with Crippen molar-refractivity contribution < 1.29 is 9.90 Å². The topological polar surface area (TPSA) is 81.1 Å². The molecule has 1 heterocycles. The van der Waals surface area contributed by atoms with Crippen LogP contribution in [-0.2, 0) is 11.3 Å². The van der Waals surface area contributed by atoms with Crippen molar-refractivity contribution in [1.82, 2.24) is 9.55 Å². The third-order valence-electron chi connectivity index (χ3n) is 1.31. The minimum absolute atomic E-state index is 0.0700. The number of carboxylic acid groups (broad SMARTS) is 1. The molecule has 0 radical (unpaired) electrons. The second-order valence-corrected chi connectivity index (χ2v) is 2.12. The van der Waals surface area contributed by atoms with E-state index in [4.69, 9.17) is 10.8 Å². The number of carboxylic acids is 1. The van der Waals surface area contributed by atoms with Crippen molar-refractivity contribution in [1.29, 1.82) is 0 Å². The fourth-order valence-corrected chi connectivity index (χ4v) is 0.746. The van der Waals surface area contributed by atoms with Gasteiger partial charge in [-0.05, 0) is 0 Å². The van der Waals surface area contributed by atoms with Gasteiger partial charge in [-0.2, -0.15) is 0 Å². The van der Waals surface area contributed by atoms with Crippen LogP contribution in [0.5, 0.6) is 0 Å². The lowest BCUT2D eigenvalue weighted by atomic mass is 10.4. The number of aliphatic carboxylic acids is 1. The maximum absolute atomic E-state index is 10.1. The monoisotopic (exact) mass is 155 g/mol. The van der Waals surface area contributed by atoms with E-state index < -0.39 is 5.97 Å². The highest BCUT2D eigenvalue weighted by Crippen LogP contribution is 1.99. The number of rotatable bonds is 3. The molecule has 11 heavy (non-hydrogen) atoms. The molecule has 0 aliphatic carbocycles. The largest absolute Gasteiger partial charge is 0.481 e. The maximum Gasteiger partial charge on any atom is 0.305 e. The number of anilines is 1. The Morgan fingerprint density at radius 1 is 1.82 bits per heavy atom. The lowest BCUT2D eigenvalue weighted by Gasteiger charge is -1.99. The lowest BCUT2D eigenvalue weighted by Crippen LogP contribution is -2.06. The number of hydrogen-bond acceptors (Lipinski definition) is 3. The van der Waals surface area contributed by atoms with Gasteiger partial charge in [-0.3, -0.25) is 4.79 Å². The minimum atomic E-state index is -0.835. The van der Waals surface area contributed by atoms with Crippen LogP contribution in [0.2, 0.25) is 0 Å². The van der Waals surface area contributed by atoms with Crippen LogP contribution in [0, 0.1) is 0 Å². The SMILES string of the molecule is Nc1nccn1CCC(=O)O. The molecule has 0 amide bonds. The Labute approximate surface area is 63.5 Å². The van der Waals surface area contributed by atoms with E-state index in [9.17, 15) is 4.79 Å². The van der Waals surface area contributed by atoms with Gasteiger partial charge in [0.25, 0.3) is 0 Å². The van der Waals surface area contributed by atoms with Crippen molar-refractivity contribution in [3.8, 4) is 0 Å². The predicted molar refractivity (Wildman–Crippen MR) is 38.9 cm³/mol. The Morgan fingerprint density at radius 3 is 3.00 bits per heavy atom. The summed E-state index contributed by atoms with van der Waals surface area (Å²) in [6.07, 6.45) is 3.26. The van der Waals surface area contributed by atoms with Crippen molar-refractivity contribution in [2.24, 2.45) is 0 Å². The Bertz CT molecular complexity index is 256. The molecule has 60 valence electrons. The number of aryl methyl sites for hydroxylation is 1. The van der Waals surface area contributed by atoms with E-state index in [0.717, 1.165) is 0 Å². The molecule has 1 aromatic heterocycles. The first-order valence-electron chi connectivity index (χ1n) is 3.18. The molecular formula is C6H9N3O2. The zero-order valence-corrected chi connectivity index (χ0v) is 5.90. The second kappa shape index (κ2) is 3.05. The third kappa shape index (κ3) is 1.96. The minimum Gasteiger partial charge on any atom is -0.481 e. The average Bonchev–Trinajstić information content (AvgIpc) is 2.31. The van der Waals surface area contributed by atoms with E-state index in [1.807, 2.05) is 0 Å². The summed E-state index contributed by atoms with van der Waals surface area (Å²) in [7, 11) is 0. The summed E-state index contributed by atoms with van der Waals surface area (Å²) in [5.41, 5.74) is 5.39. The first-order chi connectivity index (χ1) is 5.20. The van der Waals surface area contributed by atoms with Gasteiger partial charge < -0.3 is 15.4 Å². The van der Waals surface area contributed by atoms with Crippen LogP contribution in [0.1, 0.15) is 6.42 Å². The van der Waals surface area contributed by atoms with Crippen LogP contribution >= 0.6 is 0 Å². The Morgan fingerprint density at radius 2 is 2.55 bits per heavy atom. The van der Waals surface area contributed by atoms with Gasteiger partial charge in [0.1, 0.15) is 0 Å². The van der Waals surface area contributed by atoms with Crippen LogP contribution < -0.4 is 5.73 Å². The molecule has 0 saturated carbocycles. The average molecular weight is 155 g/mol. The molecule has 3 N–H and O–H groups in total. The molecule has 0 aromatic carbocycles. The zero-order chi connectivity index (χ0) is 8.27. The molecule has 5 nitrogen and oxygen atoms in total. The van der Waals surface area contributed by atoms with Gasteiger partial charge in [0.05, 0.1) is 6.42 Å².